The second-order valence-corrected chi connectivity index (χ2v) is 16.3. The third-order valence-electron chi connectivity index (χ3n) is 12.2. The van der Waals surface area contributed by atoms with Crippen molar-refractivity contribution in [3.05, 3.63) is 98.5 Å². The van der Waals surface area contributed by atoms with Crippen molar-refractivity contribution >= 4 is 61.2 Å². The summed E-state index contributed by atoms with van der Waals surface area (Å²) in [6, 6.07) is 20.8. The van der Waals surface area contributed by atoms with Gasteiger partial charge in [-0.05, 0) is 99.7 Å². The van der Waals surface area contributed by atoms with Gasteiger partial charge < -0.3 is 9.84 Å². The summed E-state index contributed by atoms with van der Waals surface area (Å²) in [6.07, 6.45) is 4.14. The molecule has 0 aromatic heterocycles. The lowest BCUT2D eigenvalue weighted by Crippen LogP contribution is -2.49. The molecule has 6 atom stereocenters. The Kier molecular flexibility index (Phi) is 8.74. The summed E-state index contributed by atoms with van der Waals surface area (Å²) < 4.78 is 6.46. The van der Waals surface area contributed by atoms with Gasteiger partial charge in [-0.3, -0.25) is 29.0 Å². The number of halogens is 2. The van der Waals surface area contributed by atoms with Crippen LogP contribution >= 0.6 is 31.9 Å². The lowest BCUT2D eigenvalue weighted by molar-refractivity contribution is -0.144. The Labute approximate surface area is 313 Å². The zero-order valence-corrected chi connectivity index (χ0v) is 31.6. The number of para-hydroxylation sites is 1. The van der Waals surface area contributed by atoms with Gasteiger partial charge in [0.25, 0.3) is 0 Å². The molecule has 264 valence electrons. The van der Waals surface area contributed by atoms with Crippen molar-refractivity contribution < 1.29 is 29.0 Å². The average Bonchev–Trinajstić information content (AvgIpc) is 3.51. The van der Waals surface area contributed by atoms with E-state index >= 15 is 0 Å². The first-order valence-electron chi connectivity index (χ1n) is 17.6. The molecule has 9 nitrogen and oxygen atoms in total. The number of carbonyl (C=O) groups excluding carboxylic acids is 4. The minimum atomic E-state index is -1.22. The fraction of sp³-hybridized carbons (Fsp3) is 0.400. The maximum Gasteiger partial charge on any atom is 0.241 e. The Bertz CT molecular complexity index is 1960. The van der Waals surface area contributed by atoms with Crippen LogP contribution in [-0.2, 0) is 25.7 Å². The SMILES string of the molecule is COc1cc(C2C3=CCC4C(=O)N(C5CCN(Cc6ccccc6)CC5)C(=O)C4C3CC3C(=O)N(c4ccccc4)C(=O)C32C)c(Br)c(Br)c1O. The maximum atomic E-state index is 14.7. The molecule has 0 spiro atoms. The number of carbonyl (C=O) groups is 4. The summed E-state index contributed by atoms with van der Waals surface area (Å²) in [6.45, 7) is 4.27. The van der Waals surface area contributed by atoms with Crippen LogP contribution in [0, 0.1) is 29.1 Å². The predicted molar refractivity (Wildman–Crippen MR) is 198 cm³/mol. The average molecular weight is 818 g/mol. The highest BCUT2D eigenvalue weighted by Gasteiger charge is 2.68. The molecule has 51 heavy (non-hydrogen) atoms. The highest BCUT2D eigenvalue weighted by molar-refractivity contribution is 9.13. The molecular formula is C40H39Br2N3O6. The maximum absolute atomic E-state index is 14.7. The number of imide groups is 2. The minimum absolute atomic E-state index is 0.0957. The lowest BCUT2D eigenvalue weighted by Gasteiger charge is -2.49. The number of allylic oxidation sites excluding steroid dienone is 2. The van der Waals surface area contributed by atoms with Gasteiger partial charge in [-0.25, -0.2) is 4.90 Å². The first kappa shape index (κ1) is 34.3. The quantitative estimate of drug-likeness (QED) is 0.215. The molecule has 4 amide bonds. The number of benzene rings is 3. The Morgan fingerprint density at radius 1 is 0.882 bits per heavy atom. The van der Waals surface area contributed by atoms with E-state index in [4.69, 9.17) is 4.74 Å². The number of phenolic OH excluding ortho intramolecular Hbond substituents is 1. The number of likely N-dealkylation sites (tertiary alicyclic amines) is 2. The van der Waals surface area contributed by atoms with Gasteiger partial charge in [0.05, 0.1) is 40.4 Å². The minimum Gasteiger partial charge on any atom is -0.503 e. The molecule has 0 bridgehead atoms. The van der Waals surface area contributed by atoms with Gasteiger partial charge in [0, 0.05) is 36.1 Å². The van der Waals surface area contributed by atoms with Crippen LogP contribution in [0.1, 0.15) is 49.7 Å². The number of fused-ring (bicyclic) bond motifs is 4. The monoisotopic (exact) mass is 815 g/mol. The van der Waals surface area contributed by atoms with Gasteiger partial charge in [-0.1, -0.05) is 60.2 Å². The molecule has 8 rings (SSSR count). The highest BCUT2D eigenvalue weighted by atomic mass is 79.9. The standard InChI is InChI=1S/C40H39Br2N3O6/c1-40-29(37(48)45(39(40)50)23-11-7-4-8-12-23)19-27-25(32(40)28-20-30(51-2)35(46)34(42)33(28)41)13-14-26-31(27)38(49)44(36(26)47)24-15-17-43(18-16-24)21-22-9-5-3-6-10-22/h3-13,20,24,26-27,29,31-32,46H,14-19,21H2,1-2H3. The van der Waals surface area contributed by atoms with Gasteiger partial charge in [0.15, 0.2) is 11.5 Å². The van der Waals surface area contributed by atoms with E-state index in [1.165, 1.54) is 17.6 Å². The zero-order valence-electron chi connectivity index (χ0n) is 28.4. The van der Waals surface area contributed by atoms with E-state index in [1.54, 1.807) is 35.2 Å². The summed E-state index contributed by atoms with van der Waals surface area (Å²) in [5.41, 5.74) is 2.06. The fourth-order valence-electron chi connectivity index (χ4n) is 9.72. The van der Waals surface area contributed by atoms with E-state index in [2.05, 4.69) is 55.0 Å². The van der Waals surface area contributed by atoms with E-state index in [9.17, 15) is 24.3 Å². The normalized spacial score (nSPS) is 29.6. The third-order valence-corrected chi connectivity index (χ3v) is 14.4. The number of nitrogens with zero attached hydrogens (tertiary/aromatic N) is 3. The van der Waals surface area contributed by atoms with E-state index in [1.807, 2.05) is 31.2 Å². The van der Waals surface area contributed by atoms with E-state index in [0.717, 1.165) is 25.2 Å². The molecule has 1 N–H and O–H groups in total. The van der Waals surface area contributed by atoms with Crippen molar-refractivity contribution in [3.63, 3.8) is 0 Å². The number of anilines is 1. The summed E-state index contributed by atoms with van der Waals surface area (Å²) in [7, 11) is 1.46. The van der Waals surface area contributed by atoms with Crippen LogP contribution in [0.2, 0.25) is 0 Å². The number of phenols is 1. The molecular weight excluding hydrogens is 778 g/mol. The molecule has 2 aliphatic carbocycles. The Morgan fingerprint density at radius 3 is 2.22 bits per heavy atom. The van der Waals surface area contributed by atoms with Crippen molar-refractivity contribution in [1.82, 2.24) is 9.80 Å². The van der Waals surface area contributed by atoms with Crippen LogP contribution in [0.4, 0.5) is 5.69 Å². The molecule has 6 unspecified atom stereocenters. The van der Waals surface area contributed by atoms with Gasteiger partial charge in [-0.15, -0.1) is 0 Å². The zero-order chi connectivity index (χ0) is 35.8. The van der Waals surface area contributed by atoms with Crippen LogP contribution in [0.15, 0.2) is 87.3 Å². The summed E-state index contributed by atoms with van der Waals surface area (Å²) in [5, 5.41) is 10.9. The summed E-state index contributed by atoms with van der Waals surface area (Å²) >= 11 is 7.21. The molecule has 3 aromatic rings. The number of aromatic hydroxyl groups is 1. The van der Waals surface area contributed by atoms with Crippen molar-refractivity contribution in [3.8, 4) is 11.5 Å². The Morgan fingerprint density at radius 2 is 1.55 bits per heavy atom. The van der Waals surface area contributed by atoms with Crippen LogP contribution in [0.3, 0.4) is 0 Å². The number of ether oxygens (including phenoxy) is 1. The number of rotatable bonds is 6. The van der Waals surface area contributed by atoms with E-state index in [0.29, 0.717) is 39.5 Å². The van der Waals surface area contributed by atoms with Gasteiger partial charge >= 0.3 is 0 Å². The van der Waals surface area contributed by atoms with Crippen LogP contribution in [0.5, 0.6) is 11.5 Å². The molecule has 3 aromatic carbocycles. The predicted octanol–water partition coefficient (Wildman–Crippen LogP) is 6.82. The topological polar surface area (TPSA) is 107 Å². The van der Waals surface area contributed by atoms with Crippen LogP contribution in [-0.4, -0.2) is 64.8 Å². The number of methoxy groups -OCH3 is 1. The largest absolute Gasteiger partial charge is 0.503 e. The first-order valence-corrected chi connectivity index (χ1v) is 19.2. The second-order valence-electron chi connectivity index (χ2n) is 14.7. The fourth-order valence-corrected chi connectivity index (χ4v) is 10.7. The number of hydrogen-bond acceptors (Lipinski definition) is 7. The smallest absolute Gasteiger partial charge is 0.241 e. The van der Waals surface area contributed by atoms with Crippen LogP contribution in [0.25, 0.3) is 0 Å². The Hall–Kier alpha value is -3.80. The molecule has 5 aliphatic rings. The Balaban J connectivity index is 1.16. The van der Waals surface area contributed by atoms with Crippen molar-refractivity contribution in [2.45, 2.75) is 51.1 Å². The second kappa shape index (κ2) is 13.0. The number of piperidine rings is 1. The third kappa shape index (κ3) is 5.24. The molecule has 3 heterocycles. The van der Waals surface area contributed by atoms with Gasteiger partial charge in [0.2, 0.25) is 23.6 Å². The summed E-state index contributed by atoms with van der Waals surface area (Å²) in [5.74, 6) is -3.75. The molecule has 1 saturated carbocycles. The van der Waals surface area contributed by atoms with Crippen molar-refractivity contribution in [2.24, 2.45) is 29.1 Å². The molecule has 4 fully saturated rings. The summed E-state index contributed by atoms with van der Waals surface area (Å²) in [4.78, 5) is 63.2. The highest BCUT2D eigenvalue weighted by Crippen LogP contribution is 2.65. The van der Waals surface area contributed by atoms with Crippen molar-refractivity contribution in [2.75, 3.05) is 25.1 Å². The number of amides is 4. The molecule has 0 radical (unpaired) electrons. The molecule has 3 aliphatic heterocycles. The molecule has 11 heteroatoms. The van der Waals surface area contributed by atoms with Crippen LogP contribution < -0.4 is 9.64 Å². The van der Waals surface area contributed by atoms with Crippen molar-refractivity contribution in [1.29, 1.82) is 0 Å². The lowest BCUT2D eigenvalue weighted by atomic mass is 9.51. The van der Waals surface area contributed by atoms with E-state index < -0.39 is 35.0 Å². The number of hydrogen-bond donors (Lipinski definition) is 1. The molecule has 3 saturated heterocycles. The van der Waals surface area contributed by atoms with Gasteiger partial charge in [0.1, 0.15) is 0 Å². The first-order chi connectivity index (χ1) is 24.6. The van der Waals surface area contributed by atoms with Gasteiger partial charge in [-0.2, -0.15) is 0 Å². The van der Waals surface area contributed by atoms with E-state index in [-0.39, 0.29) is 47.6 Å².